The molecule has 3 aromatic rings. The molecular weight excluding hydrogens is 418 g/mol. The van der Waals surface area contributed by atoms with Crippen molar-refractivity contribution in [2.75, 3.05) is 10.7 Å². The molecule has 29 heavy (non-hydrogen) atoms. The van der Waals surface area contributed by atoms with Crippen molar-refractivity contribution >= 4 is 50.7 Å². The predicted octanol–water partition coefficient (Wildman–Crippen LogP) is 1.89. The Bertz CT molecular complexity index is 1260. The summed E-state index contributed by atoms with van der Waals surface area (Å²) in [5.41, 5.74) is 2.64. The van der Waals surface area contributed by atoms with Crippen molar-refractivity contribution in [2.45, 2.75) is 37.8 Å². The summed E-state index contributed by atoms with van der Waals surface area (Å²) in [4.78, 5) is 48.0. The molecule has 0 atom stereocenters. The second-order valence-corrected chi connectivity index (χ2v) is 8.53. The molecular formula is C17H16ClN7O3S. The summed E-state index contributed by atoms with van der Waals surface area (Å²) in [6, 6.07) is 1.39. The molecule has 10 nitrogen and oxygen atoms in total. The van der Waals surface area contributed by atoms with Crippen molar-refractivity contribution in [3.8, 4) is 0 Å². The standard InChI is InChI=1S/C17H16ClN7O3S/c18-8-6-9(21-12-11-13(20-7-19-12)22-16(28)29-11)15(27)25-10(8)14(26)23-17(24-25)4-2-1-3-5-17/h6-7,24H,1-5H2,(H,23,26)(H2,19,20,21,22,28). The third kappa shape index (κ3) is 2.97. The molecule has 0 aromatic carbocycles. The largest absolute Gasteiger partial charge is 0.334 e. The minimum absolute atomic E-state index is 0.0672. The van der Waals surface area contributed by atoms with Crippen LogP contribution in [0.15, 0.2) is 22.0 Å². The molecule has 5 rings (SSSR count). The lowest BCUT2D eigenvalue weighted by molar-refractivity contribution is 0.0834. The van der Waals surface area contributed by atoms with Crippen LogP contribution in [0.5, 0.6) is 0 Å². The minimum atomic E-state index is -0.656. The second kappa shape index (κ2) is 6.56. The van der Waals surface area contributed by atoms with E-state index in [0.29, 0.717) is 16.2 Å². The van der Waals surface area contributed by atoms with E-state index < -0.39 is 11.2 Å². The zero-order valence-corrected chi connectivity index (χ0v) is 16.6. The monoisotopic (exact) mass is 433 g/mol. The van der Waals surface area contributed by atoms with E-state index in [1.807, 2.05) is 0 Å². The zero-order chi connectivity index (χ0) is 20.2. The first kappa shape index (κ1) is 18.1. The number of carbonyl (C=O) groups excluding carboxylic acids is 1. The Morgan fingerprint density at radius 3 is 2.76 bits per heavy atom. The van der Waals surface area contributed by atoms with Crippen molar-refractivity contribution in [3.05, 3.63) is 43.1 Å². The first-order valence-electron chi connectivity index (χ1n) is 9.13. The van der Waals surface area contributed by atoms with Crippen LogP contribution in [0.3, 0.4) is 0 Å². The van der Waals surface area contributed by atoms with E-state index in [1.54, 1.807) is 0 Å². The predicted molar refractivity (Wildman–Crippen MR) is 110 cm³/mol. The highest BCUT2D eigenvalue weighted by molar-refractivity contribution is 7.17. The van der Waals surface area contributed by atoms with Crippen molar-refractivity contribution in [2.24, 2.45) is 0 Å². The molecule has 4 N–H and O–H groups in total. The number of hydrogen-bond acceptors (Lipinski definition) is 8. The zero-order valence-electron chi connectivity index (χ0n) is 15.0. The van der Waals surface area contributed by atoms with Gasteiger partial charge in [-0.05, 0) is 31.7 Å². The number of nitrogens with zero attached hydrogens (tertiary/aromatic N) is 3. The number of nitrogens with one attached hydrogen (secondary N) is 4. The number of H-pyrrole nitrogens is 1. The molecule has 3 aromatic heterocycles. The number of aromatic nitrogens is 4. The Hall–Kier alpha value is -2.92. The lowest BCUT2D eigenvalue weighted by atomic mass is 9.88. The van der Waals surface area contributed by atoms with E-state index >= 15 is 0 Å². The smallest absolute Gasteiger partial charge is 0.306 e. The van der Waals surface area contributed by atoms with Gasteiger partial charge < -0.3 is 10.6 Å². The average molecular weight is 434 g/mol. The minimum Gasteiger partial charge on any atom is -0.334 e. The molecule has 4 heterocycles. The highest BCUT2D eigenvalue weighted by Gasteiger charge is 2.40. The van der Waals surface area contributed by atoms with Crippen LogP contribution in [-0.4, -0.2) is 31.2 Å². The van der Waals surface area contributed by atoms with E-state index in [1.165, 1.54) is 17.1 Å². The van der Waals surface area contributed by atoms with Gasteiger partial charge in [-0.15, -0.1) is 0 Å². The molecule has 12 heteroatoms. The summed E-state index contributed by atoms with van der Waals surface area (Å²) >= 11 is 7.28. The van der Waals surface area contributed by atoms with Gasteiger partial charge in [-0.1, -0.05) is 29.4 Å². The first-order valence-corrected chi connectivity index (χ1v) is 10.3. The molecule has 1 aliphatic carbocycles. The summed E-state index contributed by atoms with van der Waals surface area (Å²) in [6.07, 6.45) is 5.73. The summed E-state index contributed by atoms with van der Waals surface area (Å²) in [5, 5.41) is 6.04. The molecule has 1 aliphatic heterocycles. The van der Waals surface area contributed by atoms with Crippen LogP contribution in [-0.2, 0) is 0 Å². The van der Waals surface area contributed by atoms with Crippen LogP contribution < -0.4 is 26.5 Å². The van der Waals surface area contributed by atoms with Crippen molar-refractivity contribution in [1.82, 2.24) is 24.9 Å². The number of thiazole rings is 1. The summed E-state index contributed by atoms with van der Waals surface area (Å²) in [7, 11) is 0. The van der Waals surface area contributed by atoms with Gasteiger partial charge in [0.25, 0.3) is 11.5 Å². The number of anilines is 2. The van der Waals surface area contributed by atoms with Crippen LogP contribution in [0.25, 0.3) is 10.3 Å². The molecule has 1 amide bonds. The van der Waals surface area contributed by atoms with Crippen LogP contribution in [0, 0.1) is 0 Å². The molecule has 1 spiro atoms. The number of rotatable bonds is 2. The highest BCUT2D eigenvalue weighted by atomic mass is 35.5. The Morgan fingerprint density at radius 2 is 1.97 bits per heavy atom. The van der Waals surface area contributed by atoms with Crippen molar-refractivity contribution < 1.29 is 4.79 Å². The normalized spacial score (nSPS) is 17.6. The third-order valence-corrected chi connectivity index (χ3v) is 6.39. The van der Waals surface area contributed by atoms with Gasteiger partial charge in [0, 0.05) is 0 Å². The quantitative estimate of drug-likeness (QED) is 0.484. The maximum absolute atomic E-state index is 13.2. The first-order chi connectivity index (χ1) is 14.0. The van der Waals surface area contributed by atoms with Crippen molar-refractivity contribution in [1.29, 1.82) is 0 Å². The van der Waals surface area contributed by atoms with Crippen LogP contribution in [0.1, 0.15) is 42.6 Å². The van der Waals surface area contributed by atoms with Crippen LogP contribution in [0.2, 0.25) is 5.02 Å². The number of pyridine rings is 1. The fourth-order valence-electron chi connectivity index (χ4n) is 3.89. The van der Waals surface area contributed by atoms with E-state index in [-0.39, 0.29) is 27.2 Å². The SMILES string of the molecule is O=C1NC2(CCCCC2)Nn2c1c(Cl)cc(Nc1ncnc3[nH]c(=O)sc13)c2=O. The Morgan fingerprint density at radius 1 is 1.17 bits per heavy atom. The number of fused-ring (bicyclic) bond motifs is 2. The van der Waals surface area contributed by atoms with Crippen LogP contribution in [0.4, 0.5) is 11.5 Å². The van der Waals surface area contributed by atoms with Gasteiger partial charge >= 0.3 is 4.87 Å². The topological polar surface area (TPSA) is 134 Å². The van der Waals surface area contributed by atoms with E-state index in [2.05, 4.69) is 31.0 Å². The summed E-state index contributed by atoms with van der Waals surface area (Å²) in [6.45, 7) is 0. The maximum atomic E-state index is 13.2. The molecule has 0 unspecified atom stereocenters. The fourth-order valence-corrected chi connectivity index (χ4v) is 4.91. The van der Waals surface area contributed by atoms with Crippen molar-refractivity contribution in [3.63, 3.8) is 0 Å². The maximum Gasteiger partial charge on any atom is 0.306 e. The van der Waals surface area contributed by atoms with Gasteiger partial charge in [-0.3, -0.25) is 24.8 Å². The lowest BCUT2D eigenvalue weighted by Gasteiger charge is -2.43. The Labute approximate surface area is 172 Å². The fraction of sp³-hybridized carbons (Fsp3) is 0.353. The molecule has 0 radical (unpaired) electrons. The van der Waals surface area contributed by atoms with Gasteiger partial charge in [0.2, 0.25) is 0 Å². The number of amides is 1. The van der Waals surface area contributed by atoms with E-state index in [9.17, 15) is 14.4 Å². The number of carbonyl (C=O) groups is 1. The second-order valence-electron chi connectivity index (χ2n) is 7.14. The lowest BCUT2D eigenvalue weighted by Crippen LogP contribution is -2.64. The molecule has 150 valence electrons. The van der Waals surface area contributed by atoms with Gasteiger partial charge in [-0.25, -0.2) is 14.6 Å². The number of hydrogen-bond donors (Lipinski definition) is 4. The highest BCUT2D eigenvalue weighted by Crippen LogP contribution is 2.31. The van der Waals surface area contributed by atoms with Gasteiger partial charge in [-0.2, -0.15) is 0 Å². The molecule has 0 bridgehead atoms. The van der Waals surface area contributed by atoms with Gasteiger partial charge in [0.15, 0.2) is 11.5 Å². The molecule has 0 saturated heterocycles. The summed E-state index contributed by atoms with van der Waals surface area (Å²) < 4.78 is 1.71. The molecule has 1 saturated carbocycles. The Kier molecular flexibility index (Phi) is 4.10. The third-order valence-electron chi connectivity index (χ3n) is 5.23. The number of aromatic amines is 1. The van der Waals surface area contributed by atoms with Gasteiger partial charge in [0.1, 0.15) is 28.1 Å². The Balaban J connectivity index is 1.60. The van der Waals surface area contributed by atoms with E-state index in [4.69, 9.17) is 11.6 Å². The molecule has 1 fully saturated rings. The van der Waals surface area contributed by atoms with E-state index in [0.717, 1.165) is 43.4 Å². The summed E-state index contributed by atoms with van der Waals surface area (Å²) in [5.74, 6) is -0.0766. The van der Waals surface area contributed by atoms with Crippen LogP contribution >= 0.6 is 22.9 Å². The number of halogens is 1. The average Bonchev–Trinajstić information content (AvgIpc) is 3.07. The van der Waals surface area contributed by atoms with Gasteiger partial charge in [0.05, 0.1) is 5.02 Å². The molecule has 2 aliphatic rings.